The Kier molecular flexibility index (Phi) is 3.75. The van der Waals surface area contributed by atoms with Gasteiger partial charge in [0, 0.05) is 38.4 Å². The average Bonchev–Trinajstić information content (AvgIpc) is 2.39. The van der Waals surface area contributed by atoms with E-state index in [1.165, 1.54) is 0 Å². The van der Waals surface area contributed by atoms with Gasteiger partial charge in [-0.3, -0.25) is 10.3 Å². The Labute approximate surface area is 102 Å². The van der Waals surface area contributed by atoms with Crippen LogP contribution in [0, 0.1) is 0 Å². The van der Waals surface area contributed by atoms with Crippen LogP contribution >= 0.6 is 0 Å². The number of nitrogen functional groups attached to an aromatic ring is 1. The zero-order chi connectivity index (χ0) is 12.3. The van der Waals surface area contributed by atoms with E-state index in [9.17, 15) is 0 Å². The normalized spacial score (nSPS) is 17.5. The lowest BCUT2D eigenvalue weighted by Crippen LogP contribution is -2.49. The Morgan fingerprint density at radius 2 is 2.00 bits per heavy atom. The molecule has 0 bridgehead atoms. The molecule has 1 aliphatic heterocycles. The van der Waals surface area contributed by atoms with Gasteiger partial charge in [-0.2, -0.15) is 4.98 Å². The highest BCUT2D eigenvalue weighted by atomic mass is 15.3. The molecule has 0 aliphatic carbocycles. The molecule has 2 rings (SSSR count). The average molecular weight is 236 g/mol. The molecule has 1 fully saturated rings. The van der Waals surface area contributed by atoms with E-state index in [1.807, 2.05) is 6.07 Å². The largest absolute Gasteiger partial charge is 0.354 e. The van der Waals surface area contributed by atoms with Crippen LogP contribution in [0.3, 0.4) is 0 Å². The maximum atomic E-state index is 5.31. The van der Waals surface area contributed by atoms with Crippen LogP contribution in [-0.2, 0) is 0 Å². The van der Waals surface area contributed by atoms with Crippen LogP contribution < -0.4 is 16.2 Å². The molecule has 2 heterocycles. The summed E-state index contributed by atoms with van der Waals surface area (Å²) < 4.78 is 0. The first kappa shape index (κ1) is 12.1. The molecule has 6 heteroatoms. The number of hydrogen-bond donors (Lipinski definition) is 2. The van der Waals surface area contributed by atoms with Gasteiger partial charge in [0.1, 0.15) is 5.82 Å². The van der Waals surface area contributed by atoms with E-state index >= 15 is 0 Å². The fourth-order valence-corrected chi connectivity index (χ4v) is 2.06. The molecule has 6 nitrogen and oxygen atoms in total. The predicted octanol–water partition coefficient (Wildman–Crippen LogP) is 0.293. The SMILES string of the molecule is CC(C)N1CCN(c2ccnc(NN)n2)CC1. The number of nitrogens with one attached hydrogen (secondary N) is 1. The minimum absolute atomic E-state index is 0.466. The van der Waals surface area contributed by atoms with E-state index < -0.39 is 0 Å². The summed E-state index contributed by atoms with van der Waals surface area (Å²) in [6.07, 6.45) is 1.73. The van der Waals surface area contributed by atoms with Crippen LogP contribution in [0.1, 0.15) is 13.8 Å². The minimum Gasteiger partial charge on any atom is -0.354 e. The fraction of sp³-hybridized carbons (Fsp3) is 0.636. The molecule has 0 amide bonds. The molecule has 1 saturated heterocycles. The van der Waals surface area contributed by atoms with Crippen LogP contribution in [0.4, 0.5) is 11.8 Å². The van der Waals surface area contributed by atoms with Crippen LogP contribution in [0.15, 0.2) is 12.3 Å². The molecule has 17 heavy (non-hydrogen) atoms. The van der Waals surface area contributed by atoms with Gasteiger partial charge in [0.2, 0.25) is 5.95 Å². The van der Waals surface area contributed by atoms with Gasteiger partial charge in [-0.1, -0.05) is 0 Å². The van der Waals surface area contributed by atoms with E-state index in [0.717, 1.165) is 32.0 Å². The van der Waals surface area contributed by atoms with Crippen molar-refractivity contribution in [2.75, 3.05) is 36.5 Å². The molecule has 0 radical (unpaired) electrons. The number of anilines is 2. The molecule has 94 valence electrons. The fourth-order valence-electron chi connectivity index (χ4n) is 2.06. The smallest absolute Gasteiger partial charge is 0.239 e. The molecule has 0 saturated carbocycles. The molecule has 0 atom stereocenters. The second kappa shape index (κ2) is 5.29. The third kappa shape index (κ3) is 2.83. The van der Waals surface area contributed by atoms with Gasteiger partial charge < -0.3 is 4.90 Å². The number of nitrogens with two attached hydrogens (primary N) is 1. The standard InChI is InChI=1S/C11H20N6/c1-9(2)16-5-7-17(8-6-16)10-3-4-13-11(14-10)15-12/h3-4,9H,5-8,12H2,1-2H3,(H,13,14,15). The molecular formula is C11H20N6. The summed E-state index contributed by atoms with van der Waals surface area (Å²) in [6, 6.07) is 2.54. The molecule has 0 aromatic carbocycles. The Morgan fingerprint density at radius 1 is 1.29 bits per heavy atom. The van der Waals surface area contributed by atoms with Crippen LogP contribution in [0.25, 0.3) is 0 Å². The van der Waals surface area contributed by atoms with Gasteiger partial charge in [0.05, 0.1) is 0 Å². The number of hydrazine groups is 1. The number of rotatable bonds is 3. The third-order valence-electron chi connectivity index (χ3n) is 3.14. The number of piperazine rings is 1. The number of nitrogens with zero attached hydrogens (tertiary/aromatic N) is 4. The van der Waals surface area contributed by atoms with Gasteiger partial charge in [-0.15, -0.1) is 0 Å². The topological polar surface area (TPSA) is 70.3 Å². The molecule has 1 aliphatic rings. The highest BCUT2D eigenvalue weighted by Crippen LogP contribution is 2.15. The van der Waals surface area contributed by atoms with Gasteiger partial charge in [-0.05, 0) is 19.9 Å². The summed E-state index contributed by atoms with van der Waals surface area (Å²) in [5.41, 5.74) is 2.47. The van der Waals surface area contributed by atoms with Gasteiger partial charge in [0.25, 0.3) is 0 Å². The summed E-state index contributed by atoms with van der Waals surface area (Å²) >= 11 is 0. The Balaban J connectivity index is 2.00. The lowest BCUT2D eigenvalue weighted by atomic mass is 10.2. The predicted molar refractivity (Wildman–Crippen MR) is 68.8 cm³/mol. The van der Waals surface area contributed by atoms with Crippen molar-refractivity contribution in [1.29, 1.82) is 0 Å². The Bertz CT molecular complexity index is 359. The zero-order valence-corrected chi connectivity index (χ0v) is 10.4. The van der Waals surface area contributed by atoms with Crippen molar-refractivity contribution in [2.24, 2.45) is 5.84 Å². The maximum Gasteiger partial charge on any atom is 0.239 e. The van der Waals surface area contributed by atoms with Gasteiger partial charge >= 0.3 is 0 Å². The quantitative estimate of drug-likeness (QED) is 0.581. The summed E-state index contributed by atoms with van der Waals surface area (Å²) in [7, 11) is 0. The first-order valence-electron chi connectivity index (χ1n) is 5.99. The highest BCUT2D eigenvalue weighted by Gasteiger charge is 2.19. The van der Waals surface area contributed by atoms with Crippen molar-refractivity contribution < 1.29 is 0 Å². The molecule has 0 spiro atoms. The second-order valence-electron chi connectivity index (χ2n) is 4.50. The van der Waals surface area contributed by atoms with Crippen molar-refractivity contribution in [3.05, 3.63) is 12.3 Å². The van der Waals surface area contributed by atoms with Crippen LogP contribution in [0.5, 0.6) is 0 Å². The first-order chi connectivity index (χ1) is 8.20. The third-order valence-corrected chi connectivity index (χ3v) is 3.14. The zero-order valence-electron chi connectivity index (χ0n) is 10.4. The molecule has 0 unspecified atom stereocenters. The Morgan fingerprint density at radius 3 is 2.59 bits per heavy atom. The first-order valence-corrected chi connectivity index (χ1v) is 5.99. The number of hydrogen-bond acceptors (Lipinski definition) is 6. The van der Waals surface area contributed by atoms with Crippen molar-refractivity contribution >= 4 is 11.8 Å². The second-order valence-corrected chi connectivity index (χ2v) is 4.50. The van der Waals surface area contributed by atoms with E-state index in [-0.39, 0.29) is 0 Å². The summed E-state index contributed by atoms with van der Waals surface area (Å²) in [4.78, 5) is 13.1. The molecule has 3 N–H and O–H groups in total. The van der Waals surface area contributed by atoms with Crippen molar-refractivity contribution in [1.82, 2.24) is 14.9 Å². The highest BCUT2D eigenvalue weighted by molar-refractivity contribution is 5.42. The van der Waals surface area contributed by atoms with Crippen molar-refractivity contribution in [3.63, 3.8) is 0 Å². The van der Waals surface area contributed by atoms with Crippen molar-refractivity contribution in [3.8, 4) is 0 Å². The monoisotopic (exact) mass is 236 g/mol. The summed E-state index contributed by atoms with van der Waals surface area (Å²) in [5.74, 6) is 6.72. The number of aromatic nitrogens is 2. The van der Waals surface area contributed by atoms with E-state index in [0.29, 0.717) is 12.0 Å². The lowest BCUT2D eigenvalue weighted by Gasteiger charge is -2.37. The van der Waals surface area contributed by atoms with E-state index in [2.05, 4.69) is 39.0 Å². The Hall–Kier alpha value is -1.40. The maximum absolute atomic E-state index is 5.31. The molecular weight excluding hydrogens is 216 g/mol. The summed E-state index contributed by atoms with van der Waals surface area (Å²) in [5, 5.41) is 0. The van der Waals surface area contributed by atoms with Gasteiger partial charge in [-0.25, -0.2) is 10.8 Å². The van der Waals surface area contributed by atoms with Crippen LogP contribution in [0.2, 0.25) is 0 Å². The summed E-state index contributed by atoms with van der Waals surface area (Å²) in [6.45, 7) is 8.62. The van der Waals surface area contributed by atoms with E-state index in [4.69, 9.17) is 5.84 Å². The van der Waals surface area contributed by atoms with Crippen LogP contribution in [-0.4, -0.2) is 47.1 Å². The molecule has 1 aromatic heterocycles. The van der Waals surface area contributed by atoms with E-state index in [1.54, 1.807) is 6.20 Å². The van der Waals surface area contributed by atoms with Gasteiger partial charge in [0.15, 0.2) is 0 Å². The lowest BCUT2D eigenvalue weighted by molar-refractivity contribution is 0.209. The molecule has 1 aromatic rings. The van der Waals surface area contributed by atoms with Crippen molar-refractivity contribution in [2.45, 2.75) is 19.9 Å². The minimum atomic E-state index is 0.466.